The molecular formula is C35H39N3O3S. The van der Waals surface area contributed by atoms with E-state index in [1.54, 1.807) is 19.1 Å². The Morgan fingerprint density at radius 2 is 1.52 bits per heavy atom. The Morgan fingerprint density at radius 3 is 2.33 bits per heavy atom. The summed E-state index contributed by atoms with van der Waals surface area (Å²) in [4.78, 5) is 15.3. The maximum atomic E-state index is 13.6. The van der Waals surface area contributed by atoms with Crippen LogP contribution in [0.3, 0.4) is 0 Å². The van der Waals surface area contributed by atoms with Crippen molar-refractivity contribution in [1.29, 1.82) is 0 Å². The zero-order chi connectivity index (χ0) is 29.4. The number of unbranched alkanes of at least 4 members (excludes halogenated alkanes) is 2. The van der Waals surface area contributed by atoms with Gasteiger partial charge in [-0.1, -0.05) is 97.8 Å². The summed E-state index contributed by atoms with van der Waals surface area (Å²) in [5.41, 5.74) is 4.63. The van der Waals surface area contributed by atoms with Crippen LogP contribution in [0.4, 0.5) is 0 Å². The van der Waals surface area contributed by atoms with E-state index < -0.39 is 10.0 Å². The number of sulfonamides is 1. The van der Waals surface area contributed by atoms with E-state index in [0.717, 1.165) is 47.8 Å². The second-order valence-corrected chi connectivity index (χ2v) is 12.6. The van der Waals surface area contributed by atoms with Gasteiger partial charge in [0.2, 0.25) is 10.0 Å². The lowest BCUT2D eigenvalue weighted by Crippen LogP contribution is -2.42. The average molecular weight is 582 g/mol. The Kier molecular flexibility index (Phi) is 9.85. The smallest absolute Gasteiger partial charge is 0.241 e. The van der Waals surface area contributed by atoms with E-state index in [2.05, 4.69) is 45.4 Å². The molecule has 0 saturated carbocycles. The Balaban J connectivity index is 1.29. The summed E-state index contributed by atoms with van der Waals surface area (Å²) in [6, 6.07) is 31.4. The van der Waals surface area contributed by atoms with Crippen LogP contribution in [0.15, 0.2) is 102 Å². The Hall–Kier alpha value is -3.78. The minimum Gasteiger partial charge on any atom is -0.354 e. The van der Waals surface area contributed by atoms with Crippen LogP contribution in [-0.2, 0) is 21.2 Å². The number of para-hydroxylation sites is 1. The van der Waals surface area contributed by atoms with Gasteiger partial charge in [-0.25, -0.2) is 13.1 Å². The number of carbonyl (C=O) groups excluding carboxylic acids is 1. The minimum atomic E-state index is -3.74. The fourth-order valence-electron chi connectivity index (χ4n) is 5.66. The Bertz CT molecular complexity index is 1740. The first-order chi connectivity index (χ1) is 20.4. The number of fused-ring (bicyclic) bond motifs is 2. The number of benzene rings is 4. The molecular weight excluding hydrogens is 542 g/mol. The monoisotopic (exact) mass is 581 g/mol. The highest BCUT2D eigenvalue weighted by atomic mass is 32.2. The van der Waals surface area contributed by atoms with Crippen LogP contribution in [-0.4, -0.2) is 38.3 Å². The van der Waals surface area contributed by atoms with Crippen LogP contribution in [0.5, 0.6) is 0 Å². The summed E-state index contributed by atoms with van der Waals surface area (Å²) in [7, 11) is -3.74. The number of Topliss-reactive ketones (excluding diaryl/α,β-unsaturated/α-hetero) is 1. The van der Waals surface area contributed by atoms with Crippen molar-refractivity contribution >= 4 is 37.5 Å². The number of ketones is 1. The number of rotatable bonds is 15. The van der Waals surface area contributed by atoms with Gasteiger partial charge in [0.15, 0.2) is 0 Å². The molecule has 0 amide bonds. The first-order valence-electron chi connectivity index (χ1n) is 14.8. The number of nitrogens with one attached hydrogen (secondary N) is 3. The molecule has 1 aromatic heterocycles. The summed E-state index contributed by atoms with van der Waals surface area (Å²) >= 11 is 0. The highest BCUT2D eigenvalue weighted by Gasteiger charge is 2.22. The Morgan fingerprint density at radius 1 is 0.810 bits per heavy atom. The first-order valence-corrected chi connectivity index (χ1v) is 16.3. The fraction of sp³-hybridized carbons (Fsp3) is 0.286. The predicted octanol–water partition coefficient (Wildman–Crippen LogP) is 7.01. The molecule has 0 aliphatic carbocycles. The van der Waals surface area contributed by atoms with Crippen molar-refractivity contribution in [1.82, 2.24) is 15.0 Å². The zero-order valence-corrected chi connectivity index (χ0v) is 24.9. The van der Waals surface area contributed by atoms with Crippen LogP contribution >= 0.6 is 0 Å². The van der Waals surface area contributed by atoms with Gasteiger partial charge in [0.05, 0.1) is 4.90 Å². The second-order valence-electron chi connectivity index (χ2n) is 10.9. The predicted molar refractivity (Wildman–Crippen MR) is 172 cm³/mol. The van der Waals surface area contributed by atoms with Gasteiger partial charge in [0.25, 0.3) is 0 Å². The fourth-order valence-corrected chi connectivity index (χ4v) is 7.16. The normalized spacial score (nSPS) is 12.6. The van der Waals surface area contributed by atoms with Gasteiger partial charge in [0.1, 0.15) is 5.78 Å². The lowest BCUT2D eigenvalue weighted by atomic mass is 10.0. The van der Waals surface area contributed by atoms with E-state index in [1.807, 2.05) is 54.6 Å². The minimum absolute atomic E-state index is 0.192. The third-order valence-electron chi connectivity index (χ3n) is 7.76. The van der Waals surface area contributed by atoms with Crippen molar-refractivity contribution in [2.24, 2.45) is 0 Å². The molecule has 4 aromatic carbocycles. The molecule has 6 nitrogen and oxygen atoms in total. The zero-order valence-electron chi connectivity index (χ0n) is 24.1. The van der Waals surface area contributed by atoms with Crippen LogP contribution < -0.4 is 10.0 Å². The van der Waals surface area contributed by atoms with E-state index in [1.165, 1.54) is 10.9 Å². The SMILES string of the molecule is CC(=O)CCCCCC(CNCCc1c(-c2ccccc2)[nH]c2ccccc12)NS(=O)(=O)c1cccc2ccccc12. The van der Waals surface area contributed by atoms with E-state index in [4.69, 9.17) is 0 Å². The summed E-state index contributed by atoms with van der Waals surface area (Å²) < 4.78 is 30.2. The van der Waals surface area contributed by atoms with Crippen LogP contribution in [0.2, 0.25) is 0 Å². The maximum absolute atomic E-state index is 13.6. The number of aromatic amines is 1. The summed E-state index contributed by atoms with van der Waals surface area (Å²) in [5.74, 6) is 0.192. The van der Waals surface area contributed by atoms with Crippen molar-refractivity contribution in [3.05, 3.63) is 103 Å². The van der Waals surface area contributed by atoms with Gasteiger partial charge in [-0.05, 0) is 61.4 Å². The Labute approximate surface area is 248 Å². The molecule has 0 fully saturated rings. The lowest BCUT2D eigenvalue weighted by Gasteiger charge is -2.20. The lowest BCUT2D eigenvalue weighted by molar-refractivity contribution is -0.117. The van der Waals surface area contributed by atoms with Gasteiger partial charge in [-0.15, -0.1) is 0 Å². The van der Waals surface area contributed by atoms with Gasteiger partial charge >= 0.3 is 0 Å². The van der Waals surface area contributed by atoms with Crippen molar-refractivity contribution in [2.75, 3.05) is 13.1 Å². The van der Waals surface area contributed by atoms with Crippen molar-refractivity contribution < 1.29 is 13.2 Å². The summed E-state index contributed by atoms with van der Waals surface area (Å²) in [6.07, 6.45) is 4.63. The summed E-state index contributed by atoms with van der Waals surface area (Å²) in [5, 5.41) is 6.36. The molecule has 5 aromatic rings. The van der Waals surface area contributed by atoms with Gasteiger partial charge < -0.3 is 15.1 Å². The van der Waals surface area contributed by atoms with Crippen LogP contribution in [0.25, 0.3) is 32.9 Å². The largest absolute Gasteiger partial charge is 0.354 e. The molecule has 0 saturated heterocycles. The molecule has 218 valence electrons. The topological polar surface area (TPSA) is 91.1 Å². The quantitative estimate of drug-likeness (QED) is 0.116. The third-order valence-corrected chi connectivity index (χ3v) is 9.34. The standard InChI is InChI=1S/C35H39N3O3S/c1-26(39)13-4-2-7-18-29(38-42(40,41)34-22-12-17-27-14-8-9-19-30(27)34)25-36-24-23-32-31-20-10-11-21-33(31)37-35(32)28-15-5-3-6-16-28/h3,5-6,8-12,14-17,19-22,29,36-38H,2,4,7,13,18,23-25H2,1H3. The second kappa shape index (κ2) is 13.9. The first kappa shape index (κ1) is 29.7. The highest BCUT2D eigenvalue weighted by molar-refractivity contribution is 7.89. The highest BCUT2D eigenvalue weighted by Crippen LogP contribution is 2.30. The molecule has 5 rings (SSSR count). The molecule has 1 unspecified atom stereocenters. The molecule has 0 spiro atoms. The van der Waals surface area contributed by atoms with Gasteiger partial charge in [-0.2, -0.15) is 0 Å². The average Bonchev–Trinajstić information content (AvgIpc) is 3.37. The van der Waals surface area contributed by atoms with Gasteiger partial charge in [0, 0.05) is 41.0 Å². The molecule has 42 heavy (non-hydrogen) atoms. The van der Waals surface area contributed by atoms with E-state index in [0.29, 0.717) is 36.2 Å². The van der Waals surface area contributed by atoms with E-state index in [-0.39, 0.29) is 11.8 Å². The molecule has 0 radical (unpaired) electrons. The molecule has 1 heterocycles. The third kappa shape index (κ3) is 7.34. The molecule has 7 heteroatoms. The maximum Gasteiger partial charge on any atom is 0.241 e. The van der Waals surface area contributed by atoms with E-state index >= 15 is 0 Å². The summed E-state index contributed by atoms with van der Waals surface area (Å²) in [6.45, 7) is 2.83. The number of H-pyrrole nitrogens is 1. The number of hydrogen-bond acceptors (Lipinski definition) is 4. The van der Waals surface area contributed by atoms with E-state index in [9.17, 15) is 13.2 Å². The molecule has 1 atom stereocenters. The van der Waals surface area contributed by atoms with Crippen molar-refractivity contribution in [3.8, 4) is 11.3 Å². The van der Waals surface area contributed by atoms with Crippen LogP contribution in [0, 0.1) is 0 Å². The molecule has 0 aliphatic heterocycles. The molecule has 0 bridgehead atoms. The van der Waals surface area contributed by atoms with Crippen LogP contribution in [0.1, 0.15) is 44.6 Å². The van der Waals surface area contributed by atoms with Gasteiger partial charge in [-0.3, -0.25) is 0 Å². The van der Waals surface area contributed by atoms with Crippen molar-refractivity contribution in [3.63, 3.8) is 0 Å². The number of hydrogen-bond donors (Lipinski definition) is 3. The molecule has 3 N–H and O–H groups in total. The molecule has 0 aliphatic rings. The number of carbonyl (C=O) groups is 1. The van der Waals surface area contributed by atoms with Crippen molar-refractivity contribution in [2.45, 2.75) is 56.4 Å². The number of aromatic nitrogens is 1.